The van der Waals surface area contributed by atoms with E-state index < -0.39 is 0 Å². The minimum Gasteiger partial charge on any atom is -0.217 e. The van der Waals surface area contributed by atoms with Crippen LogP contribution in [0.25, 0.3) is 0 Å². The Morgan fingerprint density at radius 1 is 1.28 bits per heavy atom. The second-order valence-electron chi connectivity index (χ2n) is 5.62. The summed E-state index contributed by atoms with van der Waals surface area (Å²) in [4.78, 5) is 0. The summed E-state index contributed by atoms with van der Waals surface area (Å²) in [6.07, 6.45) is 9.18. The molecular formula is C12H19BrN4S. The maximum atomic E-state index is 4.21. The molecule has 2 aliphatic carbocycles. The summed E-state index contributed by atoms with van der Waals surface area (Å²) in [5.41, 5.74) is 0.497. The molecule has 0 aromatic carbocycles. The number of halogens is 1. The molecule has 0 spiro atoms. The Kier molecular flexibility index (Phi) is 3.94. The number of alkyl halides is 1. The molecule has 2 saturated carbocycles. The number of tetrazole rings is 1. The van der Waals surface area contributed by atoms with Gasteiger partial charge in [0.05, 0.1) is 6.04 Å². The monoisotopic (exact) mass is 330 g/mol. The zero-order valence-corrected chi connectivity index (χ0v) is 12.9. The Morgan fingerprint density at radius 3 is 2.67 bits per heavy atom. The number of aromatic nitrogens is 4. The molecule has 0 unspecified atom stereocenters. The quantitative estimate of drug-likeness (QED) is 0.612. The van der Waals surface area contributed by atoms with Crippen LogP contribution in [0.5, 0.6) is 0 Å². The summed E-state index contributed by atoms with van der Waals surface area (Å²) in [5, 5.41) is 14.4. The van der Waals surface area contributed by atoms with Gasteiger partial charge < -0.3 is 0 Å². The van der Waals surface area contributed by atoms with Crippen LogP contribution in [0.4, 0.5) is 0 Å². The van der Waals surface area contributed by atoms with Gasteiger partial charge in [-0.2, -0.15) is 0 Å². The SMILES string of the molecule is BrCC1(CSc2nnnn2C2CCCC2)CCC1. The Morgan fingerprint density at radius 2 is 2.06 bits per heavy atom. The van der Waals surface area contributed by atoms with Crippen molar-refractivity contribution in [1.82, 2.24) is 20.2 Å². The standard InChI is InChI=1S/C12H19BrN4S/c13-8-12(6-3-7-12)9-18-11-14-15-16-17(11)10-4-1-2-5-10/h10H,1-9H2. The third-order valence-electron chi connectivity index (χ3n) is 4.34. The largest absolute Gasteiger partial charge is 0.217 e. The van der Waals surface area contributed by atoms with Gasteiger partial charge in [-0.25, -0.2) is 4.68 Å². The van der Waals surface area contributed by atoms with Gasteiger partial charge in [-0.15, -0.1) is 5.10 Å². The maximum absolute atomic E-state index is 4.21. The Labute approximate surface area is 120 Å². The first kappa shape index (κ1) is 12.9. The van der Waals surface area contributed by atoms with Crippen LogP contribution in [-0.2, 0) is 0 Å². The molecule has 3 rings (SSSR count). The Balaban J connectivity index is 1.64. The number of hydrogen-bond donors (Lipinski definition) is 0. The molecule has 18 heavy (non-hydrogen) atoms. The van der Waals surface area contributed by atoms with Crippen molar-refractivity contribution in [3.63, 3.8) is 0 Å². The molecule has 6 heteroatoms. The summed E-state index contributed by atoms with van der Waals surface area (Å²) in [6.45, 7) is 0. The van der Waals surface area contributed by atoms with Crippen molar-refractivity contribution in [2.75, 3.05) is 11.1 Å². The van der Waals surface area contributed by atoms with E-state index in [2.05, 4.69) is 36.1 Å². The van der Waals surface area contributed by atoms with Gasteiger partial charge in [0, 0.05) is 11.1 Å². The first-order valence-electron chi connectivity index (χ1n) is 6.80. The zero-order chi connectivity index (χ0) is 12.4. The van der Waals surface area contributed by atoms with E-state index in [9.17, 15) is 0 Å². The maximum Gasteiger partial charge on any atom is 0.209 e. The van der Waals surface area contributed by atoms with Crippen LogP contribution in [0.1, 0.15) is 51.0 Å². The molecular weight excluding hydrogens is 312 g/mol. The number of nitrogens with zero attached hydrogens (tertiary/aromatic N) is 4. The molecule has 1 aromatic heterocycles. The highest BCUT2D eigenvalue weighted by Crippen LogP contribution is 2.46. The molecule has 0 atom stereocenters. The van der Waals surface area contributed by atoms with Crippen molar-refractivity contribution in [2.24, 2.45) is 5.41 Å². The van der Waals surface area contributed by atoms with Crippen LogP contribution in [0, 0.1) is 5.41 Å². The summed E-state index contributed by atoms with van der Waals surface area (Å²) >= 11 is 5.51. The van der Waals surface area contributed by atoms with E-state index in [1.54, 1.807) is 0 Å². The summed E-state index contributed by atoms with van der Waals surface area (Å²) in [5.74, 6) is 1.14. The number of rotatable bonds is 5. The van der Waals surface area contributed by atoms with Crippen LogP contribution in [-0.4, -0.2) is 31.3 Å². The summed E-state index contributed by atoms with van der Waals surface area (Å²) < 4.78 is 2.07. The molecule has 2 aliphatic rings. The van der Waals surface area contributed by atoms with E-state index in [-0.39, 0.29) is 0 Å². The third kappa shape index (κ3) is 2.46. The molecule has 1 aromatic rings. The van der Waals surface area contributed by atoms with Crippen molar-refractivity contribution < 1.29 is 0 Å². The second-order valence-corrected chi connectivity index (χ2v) is 7.12. The third-order valence-corrected chi connectivity index (χ3v) is 6.81. The molecule has 0 radical (unpaired) electrons. The smallest absolute Gasteiger partial charge is 0.209 e. The van der Waals surface area contributed by atoms with Crippen LogP contribution in [0.3, 0.4) is 0 Å². The van der Waals surface area contributed by atoms with Gasteiger partial charge in [0.1, 0.15) is 0 Å². The minimum absolute atomic E-state index is 0.497. The molecule has 0 amide bonds. The lowest BCUT2D eigenvalue weighted by Gasteiger charge is -2.40. The first-order valence-corrected chi connectivity index (χ1v) is 8.90. The number of thioether (sulfide) groups is 1. The average molecular weight is 331 g/mol. The molecule has 0 N–H and O–H groups in total. The molecule has 0 aliphatic heterocycles. The molecule has 4 nitrogen and oxygen atoms in total. The van der Waals surface area contributed by atoms with Crippen LogP contribution in [0.2, 0.25) is 0 Å². The van der Waals surface area contributed by atoms with E-state index in [0.717, 1.165) is 16.2 Å². The van der Waals surface area contributed by atoms with E-state index in [4.69, 9.17) is 0 Å². The van der Waals surface area contributed by atoms with Gasteiger partial charge in [-0.05, 0) is 41.5 Å². The van der Waals surface area contributed by atoms with E-state index in [1.165, 1.54) is 44.9 Å². The average Bonchev–Trinajstić information content (AvgIpc) is 2.98. The lowest BCUT2D eigenvalue weighted by Crippen LogP contribution is -2.33. The van der Waals surface area contributed by atoms with Crippen LogP contribution >= 0.6 is 27.7 Å². The van der Waals surface area contributed by atoms with Crippen molar-refractivity contribution in [1.29, 1.82) is 0 Å². The molecule has 0 bridgehead atoms. The van der Waals surface area contributed by atoms with Crippen molar-refractivity contribution in [3.05, 3.63) is 0 Å². The normalized spacial score (nSPS) is 23.2. The predicted octanol–water partition coefficient (Wildman–Crippen LogP) is 3.45. The zero-order valence-electron chi connectivity index (χ0n) is 10.5. The molecule has 100 valence electrons. The highest BCUT2D eigenvalue weighted by molar-refractivity contribution is 9.09. The molecule has 2 fully saturated rings. The van der Waals surface area contributed by atoms with Gasteiger partial charge in [0.15, 0.2) is 0 Å². The number of hydrogen-bond acceptors (Lipinski definition) is 4. The van der Waals surface area contributed by atoms with Crippen LogP contribution < -0.4 is 0 Å². The fourth-order valence-corrected chi connectivity index (χ4v) is 5.13. The molecule has 0 saturated heterocycles. The summed E-state index contributed by atoms with van der Waals surface area (Å²) in [7, 11) is 0. The van der Waals surface area contributed by atoms with E-state index in [1.807, 2.05) is 11.8 Å². The van der Waals surface area contributed by atoms with Gasteiger partial charge in [-0.3, -0.25) is 0 Å². The lowest BCUT2D eigenvalue weighted by atomic mass is 9.72. The minimum atomic E-state index is 0.497. The van der Waals surface area contributed by atoms with Gasteiger partial charge in [0.2, 0.25) is 5.16 Å². The molecule has 1 heterocycles. The lowest BCUT2D eigenvalue weighted by molar-refractivity contribution is 0.206. The summed E-state index contributed by atoms with van der Waals surface area (Å²) in [6, 6.07) is 0.545. The fraction of sp³-hybridized carbons (Fsp3) is 0.917. The van der Waals surface area contributed by atoms with Gasteiger partial charge in [0.25, 0.3) is 0 Å². The Bertz CT molecular complexity index is 393. The van der Waals surface area contributed by atoms with E-state index >= 15 is 0 Å². The van der Waals surface area contributed by atoms with Gasteiger partial charge >= 0.3 is 0 Å². The second kappa shape index (κ2) is 5.49. The fourth-order valence-electron chi connectivity index (χ4n) is 2.87. The topological polar surface area (TPSA) is 43.6 Å². The van der Waals surface area contributed by atoms with Crippen molar-refractivity contribution >= 4 is 27.7 Å². The van der Waals surface area contributed by atoms with Gasteiger partial charge in [-0.1, -0.05) is 47.0 Å². The van der Waals surface area contributed by atoms with Crippen molar-refractivity contribution in [3.8, 4) is 0 Å². The highest BCUT2D eigenvalue weighted by atomic mass is 79.9. The highest BCUT2D eigenvalue weighted by Gasteiger charge is 2.36. The first-order chi connectivity index (χ1) is 8.83. The van der Waals surface area contributed by atoms with Crippen LogP contribution in [0.15, 0.2) is 5.16 Å². The Hall–Kier alpha value is -0.100. The predicted molar refractivity (Wildman–Crippen MR) is 76.1 cm³/mol. The van der Waals surface area contributed by atoms with Crippen molar-refractivity contribution in [2.45, 2.75) is 56.1 Å². The van der Waals surface area contributed by atoms with E-state index in [0.29, 0.717) is 11.5 Å².